The van der Waals surface area contributed by atoms with Crippen LogP contribution in [-0.2, 0) is 0 Å². The van der Waals surface area contributed by atoms with Gasteiger partial charge in [0.25, 0.3) is 0 Å². The van der Waals surface area contributed by atoms with Crippen molar-refractivity contribution in [2.24, 2.45) is 0 Å². The summed E-state index contributed by atoms with van der Waals surface area (Å²) in [5.74, 6) is 0. The van der Waals surface area contributed by atoms with E-state index in [1.54, 1.807) is 0 Å². The first-order valence-electron chi connectivity index (χ1n) is 1.85. The van der Waals surface area contributed by atoms with Gasteiger partial charge in [-0.05, 0) is 0 Å². The molecule has 0 aliphatic rings. The van der Waals surface area contributed by atoms with E-state index in [2.05, 4.69) is 13.5 Å². The minimum absolute atomic E-state index is 0. The molecule has 0 unspecified atom stereocenters. The van der Waals surface area contributed by atoms with Crippen LogP contribution in [0.25, 0.3) is 0 Å². The van der Waals surface area contributed by atoms with Crippen LogP contribution in [0, 0.1) is 6.92 Å². The van der Waals surface area contributed by atoms with Crippen LogP contribution in [-0.4, -0.2) is 6.61 Å². The predicted octanol–water partition coefficient (Wildman–Crippen LogP) is -5.86. The molecule has 0 atom stereocenters. The summed E-state index contributed by atoms with van der Waals surface area (Å²) in [7, 11) is 0. The minimum atomic E-state index is -0.0810. The molecule has 1 nitrogen and oxygen atoms in total. The fourth-order valence-electron chi connectivity index (χ4n) is 0.144. The summed E-state index contributed by atoms with van der Waals surface area (Å²) in [5, 5.41) is 9.64. The molecule has 0 aliphatic heterocycles. The van der Waals surface area contributed by atoms with Crippen molar-refractivity contribution in [2.45, 2.75) is 6.42 Å². The van der Waals surface area contributed by atoms with Gasteiger partial charge in [-0.25, -0.2) is 19.1 Å². The van der Waals surface area contributed by atoms with Gasteiger partial charge >= 0.3 is 37.7 Å². The van der Waals surface area contributed by atoms with Gasteiger partial charge in [0.15, 0.2) is 0 Å². The molecule has 0 aromatic rings. The van der Waals surface area contributed by atoms with E-state index in [9.17, 15) is 5.11 Å². The molecule has 3 heteroatoms. The molecule has 0 radical (unpaired) electrons. The monoisotopic (exact) mass is 98.1 g/mol. The first kappa shape index (κ1) is 15.9. The predicted molar refractivity (Wildman–Crippen MR) is 24.0 cm³/mol. The first-order valence-corrected chi connectivity index (χ1v) is 1.85. The van der Waals surface area contributed by atoms with E-state index in [1.165, 1.54) is 0 Å². The second-order valence-corrected chi connectivity index (χ2v) is 1.20. The number of hydrogen-bond donors (Lipinski definition) is 0. The molecule has 0 bridgehead atoms. The van der Waals surface area contributed by atoms with E-state index in [-0.39, 0.29) is 44.3 Å². The average Bonchev–Trinajstić information content (AvgIpc) is 1.35. The summed E-state index contributed by atoms with van der Waals surface area (Å²) in [6.07, 6.45) is 0.514. The Hall–Kier alpha value is 0.765. The van der Waals surface area contributed by atoms with Gasteiger partial charge in [0.2, 0.25) is 0 Å². The van der Waals surface area contributed by atoms with Crippen LogP contribution in [0.3, 0.4) is 0 Å². The molecule has 8 heavy (non-hydrogen) atoms. The van der Waals surface area contributed by atoms with Crippen molar-refractivity contribution in [1.29, 1.82) is 0 Å². The zero-order chi connectivity index (χ0) is 4.99. The topological polar surface area (TPSA) is 23.1 Å². The molecule has 0 rings (SSSR count). The third-order valence-corrected chi connectivity index (χ3v) is 0.456. The summed E-state index contributed by atoms with van der Waals surface area (Å²) in [4.78, 5) is 0. The van der Waals surface area contributed by atoms with Gasteiger partial charge in [-0.15, -0.1) is 6.61 Å². The third kappa shape index (κ3) is 15.9. The molecule has 0 aromatic carbocycles. The molecular weight excluding hydrogens is 89.9 g/mol. The van der Waals surface area contributed by atoms with Gasteiger partial charge in [0.05, 0.1) is 0 Å². The maximum atomic E-state index is 9.64. The quantitative estimate of drug-likeness (QED) is 0.249. The summed E-state index contributed by atoms with van der Waals surface area (Å²) in [6.45, 7) is 6.79. The minimum Gasteiger partial charge on any atom is -0.854 e. The largest absolute Gasteiger partial charge is 1.00 e. The van der Waals surface area contributed by atoms with Crippen molar-refractivity contribution in [3.05, 3.63) is 19.1 Å². The second-order valence-electron chi connectivity index (χ2n) is 1.20. The van der Waals surface area contributed by atoms with Crippen molar-refractivity contribution in [3.8, 4) is 0 Å². The van der Waals surface area contributed by atoms with E-state index in [0.29, 0.717) is 6.42 Å². The van der Waals surface area contributed by atoms with Crippen molar-refractivity contribution < 1.29 is 42.8 Å². The molecule has 0 heterocycles. The van der Waals surface area contributed by atoms with Crippen LogP contribution >= 0.6 is 0 Å². The van der Waals surface area contributed by atoms with Crippen LogP contribution in [0.5, 0.6) is 0 Å². The molecule has 0 aromatic heterocycles. The van der Waals surface area contributed by atoms with Gasteiger partial charge in [-0.2, -0.15) is 0 Å². The fraction of sp³-hybridized carbons (Fsp3) is 0.400. The molecule has 0 fully saturated rings. The average molecular weight is 98.0 g/mol. The normalized spacial score (nSPS) is 6.12. The Morgan fingerprint density at radius 1 is 1.50 bits per heavy atom. The van der Waals surface area contributed by atoms with Crippen LogP contribution in [0.1, 0.15) is 6.42 Å². The SMILES string of the molecule is C=C([CH2-])CC[O-].[Li+].[Li+]. The molecule has 36 valence electrons. The zero-order valence-corrected chi connectivity index (χ0v) is 5.74. The Morgan fingerprint density at radius 3 is 1.88 bits per heavy atom. The zero-order valence-electron chi connectivity index (χ0n) is 5.74. The molecular formula is C5H8Li2O. The van der Waals surface area contributed by atoms with Crippen molar-refractivity contribution >= 4 is 0 Å². The Kier molecular flexibility index (Phi) is 21.3. The van der Waals surface area contributed by atoms with Gasteiger partial charge < -0.3 is 5.11 Å². The smallest absolute Gasteiger partial charge is 0.854 e. The summed E-state index contributed by atoms with van der Waals surface area (Å²) < 4.78 is 0. The molecule has 0 N–H and O–H groups in total. The van der Waals surface area contributed by atoms with E-state index in [1.807, 2.05) is 0 Å². The van der Waals surface area contributed by atoms with Crippen LogP contribution in [0.4, 0.5) is 0 Å². The molecule has 0 amide bonds. The van der Waals surface area contributed by atoms with E-state index in [4.69, 9.17) is 0 Å². The molecule has 0 saturated heterocycles. The Bertz CT molecular complexity index is 54.4. The van der Waals surface area contributed by atoms with E-state index in [0.717, 1.165) is 5.57 Å². The summed E-state index contributed by atoms with van der Waals surface area (Å²) >= 11 is 0. The van der Waals surface area contributed by atoms with E-state index < -0.39 is 0 Å². The summed E-state index contributed by atoms with van der Waals surface area (Å²) in [6, 6.07) is 0. The maximum absolute atomic E-state index is 9.64. The molecule has 0 saturated carbocycles. The van der Waals surface area contributed by atoms with Crippen LogP contribution in [0.15, 0.2) is 12.2 Å². The maximum Gasteiger partial charge on any atom is 1.00 e. The van der Waals surface area contributed by atoms with Gasteiger partial charge in [0, 0.05) is 0 Å². The number of rotatable bonds is 2. The Labute approximate surface area is 74.9 Å². The van der Waals surface area contributed by atoms with Gasteiger partial charge in [-0.1, -0.05) is 6.42 Å². The van der Waals surface area contributed by atoms with E-state index >= 15 is 0 Å². The van der Waals surface area contributed by atoms with Crippen molar-refractivity contribution in [2.75, 3.05) is 6.61 Å². The first-order chi connectivity index (χ1) is 2.77. The molecule has 0 spiro atoms. The summed E-state index contributed by atoms with van der Waals surface area (Å²) in [5.41, 5.74) is 0.727. The fourth-order valence-corrected chi connectivity index (χ4v) is 0.144. The number of hydrogen-bond acceptors (Lipinski definition) is 1. The van der Waals surface area contributed by atoms with Gasteiger partial charge in [-0.3, -0.25) is 0 Å². The standard InChI is InChI=1S/C5H8O.2Li/c1-5(2)3-4-6;;/h1-4H2;;/q-2;2*+1. The Morgan fingerprint density at radius 2 is 1.88 bits per heavy atom. The Balaban J connectivity index is -0.000000125. The second kappa shape index (κ2) is 10.7. The van der Waals surface area contributed by atoms with Crippen molar-refractivity contribution in [3.63, 3.8) is 0 Å². The van der Waals surface area contributed by atoms with Crippen LogP contribution < -0.4 is 42.8 Å². The molecule has 0 aliphatic carbocycles. The van der Waals surface area contributed by atoms with Crippen LogP contribution in [0.2, 0.25) is 0 Å². The third-order valence-electron chi connectivity index (χ3n) is 0.456. The van der Waals surface area contributed by atoms with Gasteiger partial charge in [0.1, 0.15) is 0 Å². The van der Waals surface area contributed by atoms with Crippen molar-refractivity contribution in [1.82, 2.24) is 0 Å².